The summed E-state index contributed by atoms with van der Waals surface area (Å²) in [4.78, 5) is 0. The number of hydrogen-bond donors (Lipinski definition) is 2. The number of nitrogens with one attached hydrogen (secondary N) is 1. The van der Waals surface area contributed by atoms with Gasteiger partial charge in [-0.15, -0.1) is 0 Å². The van der Waals surface area contributed by atoms with Crippen LogP contribution in [0.25, 0.3) is 0 Å². The van der Waals surface area contributed by atoms with Gasteiger partial charge in [-0.05, 0) is 33.3 Å². The van der Waals surface area contributed by atoms with E-state index in [1.165, 1.54) is 0 Å². The lowest BCUT2D eigenvalue weighted by molar-refractivity contribution is 0.0612. The quantitative estimate of drug-likeness (QED) is 0.823. The molecule has 18 heavy (non-hydrogen) atoms. The predicted octanol–water partition coefficient (Wildman–Crippen LogP) is 1.43. The third-order valence-corrected chi connectivity index (χ3v) is 4.26. The average Bonchev–Trinajstić information content (AvgIpc) is 2.56. The molecule has 1 atom stereocenters. The molecule has 104 valence electrons. The highest BCUT2D eigenvalue weighted by atomic mass is 32.2. The van der Waals surface area contributed by atoms with E-state index < -0.39 is 15.6 Å². The fourth-order valence-electron chi connectivity index (χ4n) is 1.85. The lowest BCUT2D eigenvalue weighted by atomic mass is 9.97. The van der Waals surface area contributed by atoms with Gasteiger partial charge < -0.3 is 9.52 Å². The van der Waals surface area contributed by atoms with E-state index in [1.54, 1.807) is 33.8 Å². The van der Waals surface area contributed by atoms with Crippen LogP contribution < -0.4 is 4.72 Å². The van der Waals surface area contributed by atoms with E-state index in [0.717, 1.165) is 0 Å². The summed E-state index contributed by atoms with van der Waals surface area (Å²) in [6, 6.07) is 1.73. The molecule has 0 saturated carbocycles. The zero-order valence-corrected chi connectivity index (χ0v) is 12.1. The van der Waals surface area contributed by atoms with Gasteiger partial charge in [0.2, 0.25) is 10.0 Å². The fraction of sp³-hybridized carbons (Fsp3) is 0.667. The van der Waals surface area contributed by atoms with Crippen molar-refractivity contribution in [1.82, 2.24) is 4.72 Å². The van der Waals surface area contributed by atoms with E-state index >= 15 is 0 Å². The zero-order chi connectivity index (χ0) is 14.0. The smallest absolute Gasteiger partial charge is 0.211 e. The second kappa shape index (κ2) is 5.42. The summed E-state index contributed by atoms with van der Waals surface area (Å²) in [6.07, 6.45) is 0.543. The van der Waals surface area contributed by atoms with Gasteiger partial charge in [-0.1, -0.05) is 6.92 Å². The molecule has 0 radical (unpaired) electrons. The normalized spacial score (nSPS) is 15.6. The lowest BCUT2D eigenvalue weighted by Gasteiger charge is -2.23. The Bertz CT molecular complexity index is 502. The Kier molecular flexibility index (Phi) is 4.58. The monoisotopic (exact) mass is 275 g/mol. The number of furan rings is 1. The fourth-order valence-corrected chi connectivity index (χ4v) is 3.03. The molecule has 0 aliphatic carbocycles. The molecule has 0 amide bonds. The predicted molar refractivity (Wildman–Crippen MR) is 69.8 cm³/mol. The van der Waals surface area contributed by atoms with Crippen LogP contribution in [0.3, 0.4) is 0 Å². The molecule has 0 fully saturated rings. The molecule has 5 nitrogen and oxygen atoms in total. The van der Waals surface area contributed by atoms with E-state index in [4.69, 9.17) is 4.42 Å². The van der Waals surface area contributed by atoms with Crippen molar-refractivity contribution in [1.29, 1.82) is 0 Å². The van der Waals surface area contributed by atoms with E-state index in [9.17, 15) is 13.5 Å². The van der Waals surface area contributed by atoms with Crippen LogP contribution in [-0.2, 0) is 15.6 Å². The largest absolute Gasteiger partial charge is 0.466 e. The molecule has 2 N–H and O–H groups in total. The second-order valence-electron chi connectivity index (χ2n) is 4.74. The van der Waals surface area contributed by atoms with Crippen LogP contribution in [0.1, 0.15) is 37.4 Å². The summed E-state index contributed by atoms with van der Waals surface area (Å²) in [5.41, 5.74) is -0.665. The van der Waals surface area contributed by atoms with Crippen molar-refractivity contribution in [3.05, 3.63) is 23.2 Å². The number of aliphatic hydroxyl groups is 1. The topological polar surface area (TPSA) is 79.5 Å². The van der Waals surface area contributed by atoms with Gasteiger partial charge >= 0.3 is 0 Å². The Hall–Kier alpha value is -0.850. The third kappa shape index (κ3) is 3.83. The first kappa shape index (κ1) is 15.2. The molecule has 0 aromatic carbocycles. The first-order chi connectivity index (χ1) is 8.18. The maximum Gasteiger partial charge on any atom is 0.211 e. The molecule has 1 aromatic rings. The van der Waals surface area contributed by atoms with Crippen LogP contribution in [0.5, 0.6) is 0 Å². The van der Waals surface area contributed by atoms with Gasteiger partial charge in [-0.25, -0.2) is 13.1 Å². The molecular formula is C12H21NO4S. The first-order valence-electron chi connectivity index (χ1n) is 5.95. The Morgan fingerprint density at radius 3 is 2.50 bits per heavy atom. The Morgan fingerprint density at radius 1 is 1.44 bits per heavy atom. The average molecular weight is 275 g/mol. The van der Waals surface area contributed by atoms with Gasteiger partial charge in [0, 0.05) is 12.1 Å². The summed E-state index contributed by atoms with van der Waals surface area (Å²) < 4.78 is 30.9. The Morgan fingerprint density at radius 2 is 2.06 bits per heavy atom. The summed E-state index contributed by atoms with van der Waals surface area (Å²) in [6.45, 7) is 6.83. The second-order valence-corrected chi connectivity index (χ2v) is 6.67. The zero-order valence-electron chi connectivity index (χ0n) is 11.3. The van der Waals surface area contributed by atoms with Gasteiger partial charge in [0.25, 0.3) is 0 Å². The first-order valence-corrected chi connectivity index (χ1v) is 7.60. The van der Waals surface area contributed by atoms with Crippen molar-refractivity contribution >= 4 is 10.0 Å². The molecular weight excluding hydrogens is 254 g/mol. The number of sulfonamides is 1. The van der Waals surface area contributed by atoms with Crippen molar-refractivity contribution in [3.63, 3.8) is 0 Å². The highest BCUT2D eigenvalue weighted by Crippen LogP contribution is 2.26. The molecule has 0 saturated heterocycles. The molecule has 1 rings (SSSR count). The Balaban J connectivity index is 2.80. The summed E-state index contributed by atoms with van der Waals surface area (Å²) >= 11 is 0. The maximum atomic E-state index is 11.6. The van der Waals surface area contributed by atoms with Gasteiger partial charge in [-0.3, -0.25) is 0 Å². The van der Waals surface area contributed by atoms with Crippen molar-refractivity contribution < 1.29 is 17.9 Å². The number of rotatable bonds is 6. The molecule has 1 aromatic heterocycles. The molecule has 0 aliphatic rings. The summed E-state index contributed by atoms with van der Waals surface area (Å²) in [7, 11) is -3.32. The van der Waals surface area contributed by atoms with Crippen molar-refractivity contribution in [2.45, 2.75) is 39.7 Å². The number of hydrogen-bond acceptors (Lipinski definition) is 4. The SMILES string of the molecule is CCCS(=O)(=O)NCC(C)(O)c1cc(C)oc1C. The molecule has 1 unspecified atom stereocenters. The van der Waals surface area contributed by atoms with Crippen LogP contribution in [-0.4, -0.2) is 25.8 Å². The summed E-state index contributed by atoms with van der Waals surface area (Å²) in [5, 5.41) is 10.3. The van der Waals surface area contributed by atoms with E-state index in [-0.39, 0.29) is 12.3 Å². The van der Waals surface area contributed by atoms with Crippen LogP contribution in [0.2, 0.25) is 0 Å². The van der Waals surface area contributed by atoms with E-state index in [0.29, 0.717) is 23.5 Å². The third-order valence-electron chi connectivity index (χ3n) is 2.73. The van der Waals surface area contributed by atoms with Crippen molar-refractivity contribution in [3.8, 4) is 0 Å². The van der Waals surface area contributed by atoms with Crippen LogP contribution >= 0.6 is 0 Å². The van der Waals surface area contributed by atoms with Crippen LogP contribution in [0.15, 0.2) is 10.5 Å². The molecule has 1 heterocycles. The van der Waals surface area contributed by atoms with Gasteiger partial charge in [-0.2, -0.15) is 0 Å². The maximum absolute atomic E-state index is 11.6. The minimum Gasteiger partial charge on any atom is -0.466 e. The minimum absolute atomic E-state index is 0.0604. The highest BCUT2D eigenvalue weighted by Gasteiger charge is 2.29. The van der Waals surface area contributed by atoms with E-state index in [1.807, 2.05) is 0 Å². The van der Waals surface area contributed by atoms with E-state index in [2.05, 4.69) is 4.72 Å². The molecule has 0 aliphatic heterocycles. The summed E-state index contributed by atoms with van der Waals surface area (Å²) in [5.74, 6) is 1.36. The highest BCUT2D eigenvalue weighted by molar-refractivity contribution is 7.89. The van der Waals surface area contributed by atoms with Gasteiger partial charge in [0.05, 0.1) is 5.75 Å². The molecule has 6 heteroatoms. The molecule has 0 spiro atoms. The molecule has 0 bridgehead atoms. The van der Waals surface area contributed by atoms with Crippen molar-refractivity contribution in [2.24, 2.45) is 0 Å². The van der Waals surface area contributed by atoms with Crippen molar-refractivity contribution in [2.75, 3.05) is 12.3 Å². The van der Waals surface area contributed by atoms with Gasteiger partial charge in [0.1, 0.15) is 17.1 Å². The van der Waals surface area contributed by atoms with Crippen LogP contribution in [0, 0.1) is 13.8 Å². The van der Waals surface area contributed by atoms with Gasteiger partial charge in [0.15, 0.2) is 0 Å². The Labute approximate surface area is 108 Å². The standard InChI is InChI=1S/C12H21NO4S/c1-5-6-18(15,16)13-8-12(4,14)11-7-9(2)17-10(11)3/h7,13-14H,5-6,8H2,1-4H3. The number of aryl methyl sites for hydroxylation is 2. The van der Waals surface area contributed by atoms with Crippen LogP contribution in [0.4, 0.5) is 0 Å². The minimum atomic E-state index is -3.32. The lowest BCUT2D eigenvalue weighted by Crippen LogP contribution is -2.39.